The number of hydrogen-bond acceptors (Lipinski definition) is 3. The maximum Gasteiger partial charge on any atom is 0.122 e. The fourth-order valence-electron chi connectivity index (χ4n) is 2.88. The molecule has 1 N–H and O–H groups in total. The summed E-state index contributed by atoms with van der Waals surface area (Å²) in [5.74, 6) is 1.79. The first-order chi connectivity index (χ1) is 10.1. The van der Waals surface area contributed by atoms with Crippen LogP contribution in [0.1, 0.15) is 33.9 Å². The predicted molar refractivity (Wildman–Crippen MR) is 82.2 cm³/mol. The molecule has 0 radical (unpaired) electrons. The first-order valence-corrected chi connectivity index (χ1v) is 7.19. The highest BCUT2D eigenvalue weighted by molar-refractivity contribution is 5.47. The SMILES string of the molecule is COc1cc(C)c(C(O)c2ccc3c(c2)CCO3)cc1C. The number of hydrogen-bond donors (Lipinski definition) is 1. The molecule has 1 atom stereocenters. The van der Waals surface area contributed by atoms with Gasteiger partial charge in [-0.15, -0.1) is 0 Å². The van der Waals surface area contributed by atoms with Gasteiger partial charge in [-0.25, -0.2) is 0 Å². The second-order valence-electron chi connectivity index (χ2n) is 5.55. The molecule has 3 heteroatoms. The number of aliphatic hydroxyl groups is 1. The van der Waals surface area contributed by atoms with Crippen LogP contribution in [0.5, 0.6) is 11.5 Å². The lowest BCUT2D eigenvalue weighted by atomic mass is 9.94. The highest BCUT2D eigenvalue weighted by atomic mass is 16.5. The van der Waals surface area contributed by atoms with Crippen LogP contribution in [0.4, 0.5) is 0 Å². The van der Waals surface area contributed by atoms with Crippen molar-refractivity contribution in [2.45, 2.75) is 26.4 Å². The molecule has 0 aromatic heterocycles. The molecule has 0 bridgehead atoms. The minimum Gasteiger partial charge on any atom is -0.496 e. The summed E-state index contributed by atoms with van der Waals surface area (Å²) in [6.07, 6.45) is 0.289. The van der Waals surface area contributed by atoms with E-state index in [4.69, 9.17) is 9.47 Å². The zero-order valence-corrected chi connectivity index (χ0v) is 12.6. The quantitative estimate of drug-likeness (QED) is 0.939. The lowest BCUT2D eigenvalue weighted by molar-refractivity contribution is 0.219. The Labute approximate surface area is 125 Å². The molecule has 2 aromatic carbocycles. The smallest absolute Gasteiger partial charge is 0.122 e. The number of aryl methyl sites for hydroxylation is 2. The van der Waals surface area contributed by atoms with Gasteiger partial charge < -0.3 is 14.6 Å². The number of fused-ring (bicyclic) bond motifs is 1. The molecule has 1 unspecified atom stereocenters. The summed E-state index contributed by atoms with van der Waals surface area (Å²) in [5.41, 5.74) is 5.07. The average Bonchev–Trinajstić information content (AvgIpc) is 2.95. The van der Waals surface area contributed by atoms with Crippen molar-refractivity contribution in [2.75, 3.05) is 13.7 Å². The Morgan fingerprint density at radius 1 is 1.14 bits per heavy atom. The third-order valence-corrected chi connectivity index (χ3v) is 4.11. The lowest BCUT2D eigenvalue weighted by Gasteiger charge is -2.17. The van der Waals surface area contributed by atoms with Crippen molar-refractivity contribution in [1.82, 2.24) is 0 Å². The van der Waals surface area contributed by atoms with E-state index in [-0.39, 0.29) is 0 Å². The highest BCUT2D eigenvalue weighted by Gasteiger charge is 2.18. The second-order valence-corrected chi connectivity index (χ2v) is 5.55. The van der Waals surface area contributed by atoms with E-state index < -0.39 is 6.10 Å². The van der Waals surface area contributed by atoms with Gasteiger partial charge >= 0.3 is 0 Å². The van der Waals surface area contributed by atoms with Crippen molar-refractivity contribution < 1.29 is 14.6 Å². The van der Waals surface area contributed by atoms with Gasteiger partial charge in [0.05, 0.1) is 13.7 Å². The van der Waals surface area contributed by atoms with Crippen LogP contribution in [-0.4, -0.2) is 18.8 Å². The molecule has 3 rings (SSSR count). The third-order valence-electron chi connectivity index (χ3n) is 4.11. The van der Waals surface area contributed by atoms with Gasteiger partial charge in [-0.3, -0.25) is 0 Å². The Bertz CT molecular complexity index is 676. The van der Waals surface area contributed by atoms with Gasteiger partial charge in [-0.2, -0.15) is 0 Å². The number of ether oxygens (including phenoxy) is 2. The summed E-state index contributed by atoms with van der Waals surface area (Å²) >= 11 is 0. The third kappa shape index (κ3) is 2.49. The van der Waals surface area contributed by atoms with E-state index in [0.717, 1.165) is 46.8 Å². The largest absolute Gasteiger partial charge is 0.496 e. The Morgan fingerprint density at radius 2 is 1.95 bits per heavy atom. The fraction of sp³-hybridized carbons (Fsp3) is 0.333. The van der Waals surface area contributed by atoms with Crippen molar-refractivity contribution >= 4 is 0 Å². The van der Waals surface area contributed by atoms with Crippen LogP contribution in [0.3, 0.4) is 0 Å². The molecule has 1 aliphatic rings. The van der Waals surface area contributed by atoms with Gasteiger partial charge in [0, 0.05) is 6.42 Å². The summed E-state index contributed by atoms with van der Waals surface area (Å²) in [5, 5.41) is 10.7. The van der Waals surface area contributed by atoms with Crippen molar-refractivity contribution in [3.8, 4) is 11.5 Å². The summed E-state index contributed by atoms with van der Waals surface area (Å²) in [7, 11) is 1.67. The molecule has 0 saturated carbocycles. The van der Waals surface area contributed by atoms with Gasteiger partial charge in [-0.05, 0) is 65.9 Å². The van der Waals surface area contributed by atoms with Crippen LogP contribution in [0.2, 0.25) is 0 Å². The van der Waals surface area contributed by atoms with E-state index in [2.05, 4.69) is 0 Å². The van der Waals surface area contributed by atoms with Crippen molar-refractivity contribution in [2.24, 2.45) is 0 Å². The summed E-state index contributed by atoms with van der Waals surface area (Å²) < 4.78 is 10.8. The first kappa shape index (κ1) is 14.0. The van der Waals surface area contributed by atoms with Crippen molar-refractivity contribution in [3.05, 3.63) is 58.1 Å². The molecule has 110 valence electrons. The summed E-state index contributed by atoms with van der Waals surface area (Å²) in [4.78, 5) is 0. The van der Waals surface area contributed by atoms with E-state index in [1.165, 1.54) is 5.56 Å². The van der Waals surface area contributed by atoms with Crippen LogP contribution in [0.25, 0.3) is 0 Å². The standard InChI is InChI=1S/C18H20O3/c1-11-9-17(20-3)12(2)8-15(11)18(19)14-4-5-16-13(10-14)6-7-21-16/h4-5,8-10,18-19H,6-7H2,1-3H3. The van der Waals surface area contributed by atoms with E-state index in [9.17, 15) is 5.11 Å². The maximum atomic E-state index is 10.7. The van der Waals surface area contributed by atoms with E-state index in [0.29, 0.717) is 0 Å². The monoisotopic (exact) mass is 284 g/mol. The predicted octanol–water partition coefficient (Wildman–Crippen LogP) is 3.33. The van der Waals surface area contributed by atoms with Gasteiger partial charge in [0.25, 0.3) is 0 Å². The van der Waals surface area contributed by atoms with Crippen molar-refractivity contribution in [1.29, 1.82) is 0 Å². The molecular formula is C18H20O3. The molecule has 2 aromatic rings. The van der Waals surface area contributed by atoms with E-state index in [1.54, 1.807) is 7.11 Å². The Hall–Kier alpha value is -2.00. The van der Waals surface area contributed by atoms with Crippen LogP contribution in [-0.2, 0) is 6.42 Å². The molecule has 1 aliphatic heterocycles. The molecule has 3 nitrogen and oxygen atoms in total. The Balaban J connectivity index is 1.98. The molecule has 21 heavy (non-hydrogen) atoms. The minimum absolute atomic E-state index is 0.625. The van der Waals surface area contributed by atoms with Gasteiger partial charge in [0.15, 0.2) is 0 Å². The van der Waals surface area contributed by atoms with Crippen LogP contribution >= 0.6 is 0 Å². The Morgan fingerprint density at radius 3 is 2.71 bits per heavy atom. The van der Waals surface area contributed by atoms with Crippen LogP contribution in [0.15, 0.2) is 30.3 Å². The van der Waals surface area contributed by atoms with E-state index >= 15 is 0 Å². The van der Waals surface area contributed by atoms with Gasteiger partial charge in [0.2, 0.25) is 0 Å². The van der Waals surface area contributed by atoms with Crippen LogP contribution < -0.4 is 9.47 Å². The minimum atomic E-state index is -0.625. The normalized spacial score (nSPS) is 14.5. The Kier molecular flexibility index (Phi) is 3.60. The van der Waals surface area contributed by atoms with Crippen molar-refractivity contribution in [3.63, 3.8) is 0 Å². The number of rotatable bonds is 3. The fourth-order valence-corrected chi connectivity index (χ4v) is 2.88. The zero-order valence-electron chi connectivity index (χ0n) is 12.6. The highest BCUT2D eigenvalue weighted by Crippen LogP contribution is 2.33. The molecule has 0 fully saturated rings. The summed E-state index contributed by atoms with van der Waals surface area (Å²) in [6, 6.07) is 9.92. The first-order valence-electron chi connectivity index (χ1n) is 7.19. The lowest BCUT2D eigenvalue weighted by Crippen LogP contribution is -2.04. The average molecular weight is 284 g/mol. The van der Waals surface area contributed by atoms with Gasteiger partial charge in [0.1, 0.15) is 17.6 Å². The molecule has 0 spiro atoms. The molecular weight excluding hydrogens is 264 g/mol. The second kappa shape index (κ2) is 5.41. The molecule has 1 heterocycles. The number of benzene rings is 2. The maximum absolute atomic E-state index is 10.7. The molecule has 0 amide bonds. The number of aliphatic hydroxyl groups excluding tert-OH is 1. The zero-order chi connectivity index (χ0) is 15.0. The topological polar surface area (TPSA) is 38.7 Å². The van der Waals surface area contributed by atoms with Crippen LogP contribution in [0, 0.1) is 13.8 Å². The van der Waals surface area contributed by atoms with E-state index in [1.807, 2.05) is 44.2 Å². The molecule has 0 saturated heterocycles. The van der Waals surface area contributed by atoms with Gasteiger partial charge in [-0.1, -0.05) is 6.07 Å². The summed E-state index contributed by atoms with van der Waals surface area (Å²) in [6.45, 7) is 4.72. The molecule has 0 aliphatic carbocycles. The number of methoxy groups -OCH3 is 1.